The molecular weight excluding hydrogens is 386 g/mol. The molecule has 0 spiro atoms. The molecule has 0 saturated heterocycles. The van der Waals surface area contributed by atoms with Crippen LogP contribution >= 0.6 is 11.8 Å². The average Bonchev–Trinajstić information content (AvgIpc) is 2.59. The van der Waals surface area contributed by atoms with E-state index >= 15 is 0 Å². The quantitative estimate of drug-likeness (QED) is 0.196. The molecule has 0 nitrogen and oxygen atoms in total. The van der Waals surface area contributed by atoms with Gasteiger partial charge in [-0.2, -0.15) is 0 Å². The number of fused-ring (bicyclic) bond motifs is 2. The second-order valence-electron chi connectivity index (χ2n) is 5.25. The number of benzene rings is 3. The minimum atomic E-state index is -6.00. The summed E-state index contributed by atoms with van der Waals surface area (Å²) < 4.78 is 52.2. The van der Waals surface area contributed by atoms with E-state index < -0.39 is 7.25 Å². The van der Waals surface area contributed by atoms with Gasteiger partial charge in [0.05, 0.1) is 9.79 Å². The van der Waals surface area contributed by atoms with Gasteiger partial charge in [0.2, 0.25) is 0 Å². The van der Waals surface area contributed by atoms with Crippen molar-refractivity contribution in [2.75, 3.05) is 0 Å². The fourth-order valence-corrected chi connectivity index (χ4v) is 6.21. The molecule has 0 radical (unpaired) electrons. The molecule has 4 rings (SSSR count). The minimum Gasteiger partial charge on any atom is -0.418 e. The number of hydrogen-bond acceptors (Lipinski definition) is 1. The zero-order valence-electron chi connectivity index (χ0n) is 13.2. The zero-order chi connectivity index (χ0) is 18.7. The zero-order valence-corrected chi connectivity index (χ0v) is 14.8. The fraction of sp³-hybridized carbons (Fsp3) is 0. The fourth-order valence-electron chi connectivity index (χ4n) is 2.47. The van der Waals surface area contributed by atoms with Crippen LogP contribution in [0, 0.1) is 5.82 Å². The monoisotopic (exact) mass is 398 g/mol. The van der Waals surface area contributed by atoms with Gasteiger partial charge >= 0.3 is 7.25 Å². The molecule has 26 heavy (non-hydrogen) atoms. The molecule has 0 bridgehead atoms. The normalized spacial score (nSPS) is 13.3. The van der Waals surface area contributed by atoms with E-state index in [1.54, 1.807) is 12.1 Å². The summed E-state index contributed by atoms with van der Waals surface area (Å²) in [5, 5.41) is 0. The highest BCUT2D eigenvalue weighted by Gasteiger charge is 2.37. The molecule has 0 aliphatic carbocycles. The molecule has 134 valence electrons. The van der Waals surface area contributed by atoms with Crippen molar-refractivity contribution in [3.05, 3.63) is 78.6 Å². The Hall–Kier alpha value is -1.93. The second kappa shape index (κ2) is 7.76. The molecule has 1 aliphatic rings. The maximum absolute atomic E-state index is 13.2. The van der Waals surface area contributed by atoms with Crippen molar-refractivity contribution < 1.29 is 21.7 Å². The van der Waals surface area contributed by atoms with Gasteiger partial charge < -0.3 is 17.3 Å². The Morgan fingerprint density at radius 1 is 0.654 bits per heavy atom. The highest BCUT2D eigenvalue weighted by molar-refractivity contribution is 8.04. The molecule has 0 saturated carbocycles. The number of hydrogen-bond donors (Lipinski definition) is 0. The summed E-state index contributed by atoms with van der Waals surface area (Å²) in [4.78, 5) is 6.41. The molecule has 0 atom stereocenters. The summed E-state index contributed by atoms with van der Waals surface area (Å²) in [6.07, 6.45) is 0. The van der Waals surface area contributed by atoms with E-state index in [0.717, 1.165) is 4.90 Å². The Balaban J connectivity index is 0.000000349. The Morgan fingerprint density at radius 2 is 1.08 bits per heavy atom. The van der Waals surface area contributed by atoms with Crippen molar-refractivity contribution in [3.63, 3.8) is 0 Å². The van der Waals surface area contributed by atoms with Gasteiger partial charge in [0.15, 0.2) is 14.7 Å². The van der Waals surface area contributed by atoms with Crippen molar-refractivity contribution in [1.29, 1.82) is 0 Å². The van der Waals surface area contributed by atoms with Crippen LogP contribution in [0.1, 0.15) is 0 Å². The first kappa shape index (κ1) is 18.9. The van der Waals surface area contributed by atoms with Gasteiger partial charge in [-0.15, -0.1) is 0 Å². The van der Waals surface area contributed by atoms with Gasteiger partial charge in [-0.05, 0) is 48.5 Å². The van der Waals surface area contributed by atoms with E-state index in [1.165, 1.54) is 19.6 Å². The molecule has 0 fully saturated rings. The topological polar surface area (TPSA) is 0 Å². The summed E-state index contributed by atoms with van der Waals surface area (Å²) >= 11 is 1.82. The molecule has 0 unspecified atom stereocenters. The lowest BCUT2D eigenvalue weighted by molar-refractivity contribution is 0.368. The van der Waals surface area contributed by atoms with E-state index in [2.05, 4.69) is 48.5 Å². The molecule has 1 aliphatic heterocycles. The number of halogens is 5. The standard InChI is InChI=1S/C18H12FS2.BF4/c19-13-9-11-14(12-10-13)21-17-7-3-1-5-15(17)20-16-6-2-4-8-18(16)21;2-1(3,4)5/h1-12H;/q+1;-1. The first-order valence-corrected chi connectivity index (χ1v) is 9.60. The van der Waals surface area contributed by atoms with E-state index in [4.69, 9.17) is 0 Å². The second-order valence-corrected chi connectivity index (χ2v) is 8.30. The lowest BCUT2D eigenvalue weighted by Gasteiger charge is -2.18. The number of rotatable bonds is 1. The molecule has 0 N–H and O–H groups in total. The van der Waals surface area contributed by atoms with Crippen molar-refractivity contribution in [2.24, 2.45) is 0 Å². The molecule has 3 aromatic rings. The molecule has 1 heterocycles. The van der Waals surface area contributed by atoms with Crippen molar-refractivity contribution in [3.8, 4) is 0 Å². The summed E-state index contributed by atoms with van der Waals surface area (Å²) in [6, 6.07) is 23.9. The predicted octanol–water partition coefficient (Wildman–Crippen LogP) is 6.69. The van der Waals surface area contributed by atoms with E-state index in [-0.39, 0.29) is 16.7 Å². The average molecular weight is 398 g/mol. The molecular formula is C18H12BF5S2. The van der Waals surface area contributed by atoms with Crippen LogP contribution in [0.2, 0.25) is 0 Å². The van der Waals surface area contributed by atoms with Crippen molar-refractivity contribution >= 4 is 29.9 Å². The van der Waals surface area contributed by atoms with E-state index in [9.17, 15) is 21.7 Å². The molecule has 0 amide bonds. The summed E-state index contributed by atoms with van der Waals surface area (Å²) in [5.41, 5.74) is 0. The van der Waals surface area contributed by atoms with Gasteiger partial charge in [0, 0.05) is 0 Å². The third-order valence-corrected chi connectivity index (χ3v) is 7.15. The minimum absolute atomic E-state index is 0.154. The highest BCUT2D eigenvalue weighted by Crippen LogP contribution is 2.47. The van der Waals surface area contributed by atoms with Crippen LogP contribution in [-0.4, -0.2) is 7.25 Å². The molecule has 8 heteroatoms. The SMILES string of the molecule is F[B-](F)(F)F.Fc1ccc([S+]2c3ccccc3Sc3ccccc32)cc1. The molecule has 3 aromatic carbocycles. The maximum Gasteiger partial charge on any atom is 0.673 e. The summed E-state index contributed by atoms with van der Waals surface area (Å²) in [5.74, 6) is -0.185. The van der Waals surface area contributed by atoms with Gasteiger partial charge in [-0.25, -0.2) is 4.39 Å². The van der Waals surface area contributed by atoms with Crippen LogP contribution < -0.4 is 0 Å². The highest BCUT2D eigenvalue weighted by atomic mass is 32.2. The Bertz CT molecular complexity index is 845. The van der Waals surface area contributed by atoms with Gasteiger partial charge in [0.1, 0.15) is 16.7 Å². The Kier molecular flexibility index (Phi) is 5.62. The maximum atomic E-state index is 13.2. The van der Waals surface area contributed by atoms with Crippen LogP contribution in [0.25, 0.3) is 0 Å². The first-order chi connectivity index (χ1) is 12.3. The van der Waals surface area contributed by atoms with Crippen molar-refractivity contribution in [1.82, 2.24) is 0 Å². The van der Waals surface area contributed by atoms with Crippen molar-refractivity contribution in [2.45, 2.75) is 24.5 Å². The van der Waals surface area contributed by atoms with Crippen LogP contribution in [0.15, 0.2) is 97.3 Å². The van der Waals surface area contributed by atoms with Gasteiger partial charge in [-0.1, -0.05) is 36.0 Å². The van der Waals surface area contributed by atoms with E-state index in [1.807, 2.05) is 23.9 Å². The largest absolute Gasteiger partial charge is 0.673 e. The summed E-state index contributed by atoms with van der Waals surface area (Å²) in [7, 11) is -6.15. The van der Waals surface area contributed by atoms with Gasteiger partial charge in [0.25, 0.3) is 0 Å². The van der Waals surface area contributed by atoms with Crippen LogP contribution in [-0.2, 0) is 10.9 Å². The Morgan fingerprint density at radius 3 is 1.54 bits per heavy atom. The predicted molar refractivity (Wildman–Crippen MR) is 95.8 cm³/mol. The van der Waals surface area contributed by atoms with Crippen LogP contribution in [0.3, 0.4) is 0 Å². The third kappa shape index (κ3) is 4.62. The smallest absolute Gasteiger partial charge is 0.418 e. The summed E-state index contributed by atoms with van der Waals surface area (Å²) in [6.45, 7) is 0. The third-order valence-electron chi connectivity index (χ3n) is 3.41. The molecule has 0 aromatic heterocycles. The van der Waals surface area contributed by atoms with Crippen LogP contribution in [0.5, 0.6) is 0 Å². The van der Waals surface area contributed by atoms with Gasteiger partial charge in [-0.3, -0.25) is 0 Å². The van der Waals surface area contributed by atoms with E-state index in [0.29, 0.717) is 0 Å². The lowest BCUT2D eigenvalue weighted by atomic mass is 10.3. The van der Waals surface area contributed by atoms with Crippen LogP contribution in [0.4, 0.5) is 21.7 Å². The lowest BCUT2D eigenvalue weighted by Crippen LogP contribution is -2.10. The first-order valence-electron chi connectivity index (χ1n) is 7.56. The Labute approximate surface area is 154 Å².